The minimum atomic E-state index is 0.240. The van der Waals surface area contributed by atoms with Gasteiger partial charge in [0.05, 0.1) is 5.69 Å². The Balaban J connectivity index is 1.77. The minimum absolute atomic E-state index is 0.240. The molecule has 0 spiro atoms. The number of aromatic nitrogens is 4. The molecule has 3 aromatic rings. The Morgan fingerprint density at radius 3 is 2.79 bits per heavy atom. The molecule has 1 aliphatic heterocycles. The Bertz CT molecular complexity index is 1010. The largest absolute Gasteiger partial charge is 0.454 e. The standard InChI is InChI=1S/C18H23N7O2S/c1-4-20-5-6-25-17-15(16(19)21-9-22-17)23-18(25)28-14-8-13-12(26-10-27-13)7-11(14)24(2)3/h7-9,20H,4-6,10H2,1-3H3,(H2,19,21,22). The number of likely N-dealkylation sites (N-methyl/N-ethyl adjacent to an activating group) is 1. The zero-order valence-electron chi connectivity index (χ0n) is 16.1. The number of anilines is 2. The van der Waals surface area contributed by atoms with E-state index in [9.17, 15) is 0 Å². The Morgan fingerprint density at radius 2 is 2.04 bits per heavy atom. The minimum Gasteiger partial charge on any atom is -0.454 e. The molecule has 10 heteroatoms. The highest BCUT2D eigenvalue weighted by atomic mass is 32.2. The molecule has 0 saturated carbocycles. The molecule has 2 aromatic heterocycles. The summed E-state index contributed by atoms with van der Waals surface area (Å²) < 4.78 is 13.2. The van der Waals surface area contributed by atoms with Gasteiger partial charge in [-0.3, -0.25) is 0 Å². The molecule has 0 fully saturated rings. The van der Waals surface area contributed by atoms with E-state index in [2.05, 4.69) is 26.8 Å². The lowest BCUT2D eigenvalue weighted by Crippen LogP contribution is -2.19. The summed E-state index contributed by atoms with van der Waals surface area (Å²) in [7, 11) is 4.00. The molecule has 1 aromatic carbocycles. The molecular weight excluding hydrogens is 378 g/mol. The summed E-state index contributed by atoms with van der Waals surface area (Å²) in [5, 5.41) is 4.15. The summed E-state index contributed by atoms with van der Waals surface area (Å²) in [5.41, 5.74) is 8.42. The zero-order chi connectivity index (χ0) is 19.7. The van der Waals surface area contributed by atoms with Crippen LogP contribution in [-0.4, -0.2) is 53.5 Å². The van der Waals surface area contributed by atoms with Gasteiger partial charge in [0.25, 0.3) is 0 Å². The number of imidazole rings is 1. The van der Waals surface area contributed by atoms with Crippen molar-refractivity contribution in [3.05, 3.63) is 18.5 Å². The van der Waals surface area contributed by atoms with Crippen LogP contribution in [0.25, 0.3) is 11.2 Å². The van der Waals surface area contributed by atoms with Crippen LogP contribution in [0.5, 0.6) is 11.5 Å². The van der Waals surface area contributed by atoms with E-state index >= 15 is 0 Å². The van der Waals surface area contributed by atoms with Crippen molar-refractivity contribution in [3.8, 4) is 11.5 Å². The molecule has 3 heterocycles. The number of hydrogen-bond donors (Lipinski definition) is 2. The van der Waals surface area contributed by atoms with Crippen LogP contribution in [0.2, 0.25) is 0 Å². The van der Waals surface area contributed by atoms with Gasteiger partial charge in [-0.25, -0.2) is 15.0 Å². The number of ether oxygens (including phenoxy) is 2. The van der Waals surface area contributed by atoms with E-state index in [1.807, 2.05) is 31.1 Å². The predicted octanol–water partition coefficient (Wildman–Crippen LogP) is 1.96. The summed E-state index contributed by atoms with van der Waals surface area (Å²) in [4.78, 5) is 16.3. The lowest BCUT2D eigenvalue weighted by molar-refractivity contribution is 0.174. The number of fused-ring (bicyclic) bond motifs is 2. The van der Waals surface area contributed by atoms with E-state index in [1.165, 1.54) is 6.33 Å². The summed E-state index contributed by atoms with van der Waals surface area (Å²) in [6.45, 7) is 4.76. The van der Waals surface area contributed by atoms with Gasteiger partial charge in [0.2, 0.25) is 6.79 Å². The third-order valence-electron chi connectivity index (χ3n) is 4.42. The van der Waals surface area contributed by atoms with Gasteiger partial charge in [-0.1, -0.05) is 6.92 Å². The van der Waals surface area contributed by atoms with E-state index in [1.54, 1.807) is 11.8 Å². The second-order valence-electron chi connectivity index (χ2n) is 6.50. The van der Waals surface area contributed by atoms with E-state index in [0.29, 0.717) is 11.3 Å². The molecule has 0 saturated heterocycles. The fourth-order valence-corrected chi connectivity index (χ4v) is 4.16. The first kappa shape index (κ1) is 18.6. The van der Waals surface area contributed by atoms with Gasteiger partial charge in [-0.05, 0) is 18.3 Å². The molecule has 28 heavy (non-hydrogen) atoms. The second-order valence-corrected chi connectivity index (χ2v) is 7.51. The third kappa shape index (κ3) is 3.40. The topological polar surface area (TPSA) is 103 Å². The van der Waals surface area contributed by atoms with Gasteiger partial charge < -0.3 is 30.0 Å². The summed E-state index contributed by atoms with van der Waals surface area (Å²) in [6, 6.07) is 3.98. The smallest absolute Gasteiger partial charge is 0.231 e. The number of hydrogen-bond acceptors (Lipinski definition) is 9. The van der Waals surface area contributed by atoms with Crippen molar-refractivity contribution in [2.75, 3.05) is 44.6 Å². The van der Waals surface area contributed by atoms with E-state index < -0.39 is 0 Å². The van der Waals surface area contributed by atoms with Gasteiger partial charge in [0, 0.05) is 44.2 Å². The Morgan fingerprint density at radius 1 is 1.25 bits per heavy atom. The first-order valence-electron chi connectivity index (χ1n) is 9.04. The molecular formula is C18H23N7O2S. The highest BCUT2D eigenvalue weighted by molar-refractivity contribution is 7.99. The van der Waals surface area contributed by atoms with Crippen LogP contribution in [-0.2, 0) is 6.54 Å². The van der Waals surface area contributed by atoms with Crippen LogP contribution >= 0.6 is 11.8 Å². The SMILES string of the molecule is CCNCCn1c(Sc2cc3c(cc2N(C)C)OCO3)nc2c(N)ncnc21. The number of nitrogen functional groups attached to an aromatic ring is 1. The molecule has 1 aliphatic rings. The molecule has 3 N–H and O–H groups in total. The van der Waals surface area contributed by atoms with Crippen molar-refractivity contribution in [3.63, 3.8) is 0 Å². The van der Waals surface area contributed by atoms with Crippen molar-refractivity contribution in [2.24, 2.45) is 0 Å². The Kier molecular flexibility index (Phi) is 5.14. The highest BCUT2D eigenvalue weighted by Crippen LogP contribution is 2.44. The monoisotopic (exact) mass is 401 g/mol. The summed E-state index contributed by atoms with van der Waals surface area (Å²) in [5.74, 6) is 1.87. The van der Waals surface area contributed by atoms with E-state index in [4.69, 9.17) is 20.2 Å². The summed E-state index contributed by atoms with van der Waals surface area (Å²) in [6.07, 6.45) is 1.48. The molecule has 9 nitrogen and oxygen atoms in total. The normalized spacial score (nSPS) is 12.7. The van der Waals surface area contributed by atoms with Crippen LogP contribution in [0, 0.1) is 0 Å². The number of nitrogens with one attached hydrogen (secondary N) is 1. The van der Waals surface area contributed by atoms with Gasteiger partial charge in [-0.15, -0.1) is 0 Å². The lowest BCUT2D eigenvalue weighted by Gasteiger charge is -2.18. The van der Waals surface area contributed by atoms with Gasteiger partial charge in [-0.2, -0.15) is 0 Å². The molecule has 4 rings (SSSR count). The maximum absolute atomic E-state index is 6.04. The third-order valence-corrected chi connectivity index (χ3v) is 5.47. The first-order valence-corrected chi connectivity index (χ1v) is 9.86. The van der Waals surface area contributed by atoms with Crippen molar-refractivity contribution in [1.82, 2.24) is 24.8 Å². The summed E-state index contributed by atoms with van der Waals surface area (Å²) >= 11 is 1.55. The van der Waals surface area contributed by atoms with Crippen molar-refractivity contribution in [2.45, 2.75) is 23.5 Å². The van der Waals surface area contributed by atoms with Crippen molar-refractivity contribution in [1.29, 1.82) is 0 Å². The first-order chi connectivity index (χ1) is 13.6. The highest BCUT2D eigenvalue weighted by Gasteiger charge is 2.22. The molecule has 0 radical (unpaired) electrons. The number of nitrogens with zero attached hydrogens (tertiary/aromatic N) is 5. The van der Waals surface area contributed by atoms with Gasteiger partial charge in [0.1, 0.15) is 6.33 Å². The molecule has 0 amide bonds. The van der Waals surface area contributed by atoms with Gasteiger partial charge in [0.15, 0.2) is 33.6 Å². The molecule has 0 atom stereocenters. The predicted molar refractivity (Wildman–Crippen MR) is 109 cm³/mol. The van der Waals surface area contributed by atoms with Crippen LogP contribution in [0.3, 0.4) is 0 Å². The Hall–Kier alpha value is -2.72. The molecule has 0 aliphatic carbocycles. The van der Waals surface area contributed by atoms with E-state index in [0.717, 1.165) is 52.5 Å². The van der Waals surface area contributed by atoms with Crippen LogP contribution in [0.1, 0.15) is 6.92 Å². The zero-order valence-corrected chi connectivity index (χ0v) is 16.9. The maximum atomic E-state index is 6.04. The quantitative estimate of drug-likeness (QED) is 0.575. The van der Waals surface area contributed by atoms with Gasteiger partial charge >= 0.3 is 0 Å². The fraction of sp³-hybridized carbons (Fsp3) is 0.389. The fourth-order valence-electron chi connectivity index (χ4n) is 3.02. The molecule has 148 valence electrons. The van der Waals surface area contributed by atoms with Crippen molar-refractivity contribution >= 4 is 34.4 Å². The average molecular weight is 401 g/mol. The van der Waals surface area contributed by atoms with Crippen LogP contribution in [0.4, 0.5) is 11.5 Å². The van der Waals surface area contributed by atoms with Crippen LogP contribution < -0.4 is 25.4 Å². The average Bonchev–Trinajstić information content (AvgIpc) is 3.26. The second kappa shape index (κ2) is 7.72. The number of benzene rings is 1. The Labute approximate surface area is 167 Å². The van der Waals surface area contributed by atoms with Crippen LogP contribution in [0.15, 0.2) is 28.5 Å². The number of rotatable bonds is 7. The van der Waals surface area contributed by atoms with E-state index in [-0.39, 0.29) is 6.79 Å². The molecule has 0 bridgehead atoms. The number of nitrogens with two attached hydrogens (primary N) is 1. The van der Waals surface area contributed by atoms with Crippen molar-refractivity contribution < 1.29 is 9.47 Å². The maximum Gasteiger partial charge on any atom is 0.231 e. The lowest BCUT2D eigenvalue weighted by atomic mass is 10.2. The molecule has 0 unspecified atom stereocenters.